The Morgan fingerprint density at radius 2 is 1.38 bits per heavy atom. The number of nitrogens with zero attached hydrogens (tertiary/aromatic N) is 3. The van der Waals surface area contributed by atoms with E-state index in [0.29, 0.717) is 18.3 Å². The summed E-state index contributed by atoms with van der Waals surface area (Å²) in [5.41, 5.74) is 5.67. The molecule has 32 heavy (non-hydrogen) atoms. The lowest BCUT2D eigenvalue weighted by Crippen LogP contribution is -2.55. The average Bonchev–Trinajstić information content (AvgIpc) is 3.18. The van der Waals surface area contributed by atoms with Crippen molar-refractivity contribution in [3.8, 4) is 0 Å². The molecule has 0 saturated carbocycles. The quantitative estimate of drug-likeness (QED) is 0.540. The summed E-state index contributed by atoms with van der Waals surface area (Å²) in [7, 11) is 1.91. The minimum atomic E-state index is -0.665. The molecule has 0 fully saturated rings. The number of carbonyl (C=O) groups excluding carboxylic acids is 1. The molecule has 0 saturated heterocycles. The zero-order valence-corrected chi connectivity index (χ0v) is 19.0. The molecule has 3 aromatic carbocycles. The van der Waals surface area contributed by atoms with Gasteiger partial charge in [0.15, 0.2) is 5.12 Å². The molecular formula is C25H27N5OS. The van der Waals surface area contributed by atoms with E-state index >= 15 is 0 Å². The lowest BCUT2D eigenvalue weighted by molar-refractivity contribution is -0.109. The van der Waals surface area contributed by atoms with Gasteiger partial charge in [-0.1, -0.05) is 103 Å². The van der Waals surface area contributed by atoms with Crippen molar-refractivity contribution in [2.24, 2.45) is 5.10 Å². The highest BCUT2D eigenvalue weighted by atomic mass is 32.2. The van der Waals surface area contributed by atoms with Crippen LogP contribution < -0.4 is 10.9 Å². The highest BCUT2D eigenvalue weighted by Gasteiger charge is 2.39. The number of nitrogens with one attached hydrogen (secondary N) is 2. The van der Waals surface area contributed by atoms with Crippen molar-refractivity contribution in [1.82, 2.24) is 21.0 Å². The fourth-order valence-electron chi connectivity index (χ4n) is 3.95. The summed E-state index contributed by atoms with van der Waals surface area (Å²) in [6.45, 7) is 2.23. The van der Waals surface area contributed by atoms with Crippen molar-refractivity contribution in [1.29, 1.82) is 0 Å². The first-order valence-corrected chi connectivity index (χ1v) is 11.5. The van der Waals surface area contributed by atoms with Gasteiger partial charge >= 0.3 is 0 Å². The van der Waals surface area contributed by atoms with Crippen molar-refractivity contribution < 1.29 is 4.79 Å². The minimum Gasteiger partial charge on any atom is -0.336 e. The van der Waals surface area contributed by atoms with E-state index in [4.69, 9.17) is 0 Å². The van der Waals surface area contributed by atoms with Gasteiger partial charge in [-0.05, 0) is 16.7 Å². The van der Waals surface area contributed by atoms with E-state index in [1.807, 2.05) is 35.4 Å². The molecule has 0 radical (unpaired) electrons. The van der Waals surface area contributed by atoms with Gasteiger partial charge in [-0.15, -0.1) is 10.2 Å². The van der Waals surface area contributed by atoms with Crippen molar-refractivity contribution in [2.45, 2.75) is 12.5 Å². The normalized spacial score (nSPS) is 14.1. The Morgan fingerprint density at radius 3 is 1.81 bits per heavy atom. The maximum atomic E-state index is 11.4. The van der Waals surface area contributed by atoms with Crippen LogP contribution in [0.4, 0.5) is 0 Å². The van der Waals surface area contributed by atoms with Crippen LogP contribution in [0.25, 0.3) is 0 Å². The van der Waals surface area contributed by atoms with Crippen LogP contribution in [-0.2, 0) is 10.3 Å². The van der Waals surface area contributed by atoms with Gasteiger partial charge in [-0.2, -0.15) is 0 Å². The number of benzene rings is 3. The van der Waals surface area contributed by atoms with Crippen molar-refractivity contribution in [3.63, 3.8) is 0 Å². The maximum absolute atomic E-state index is 11.4. The van der Waals surface area contributed by atoms with Crippen LogP contribution in [-0.4, -0.2) is 40.5 Å². The SMILES string of the molecule is CC(=O)SCCN1C(NC(c2ccccc2)(c2ccccc2)c2ccccc2)=NNN1C. The lowest BCUT2D eigenvalue weighted by Gasteiger charge is -2.39. The maximum Gasteiger partial charge on any atom is 0.235 e. The van der Waals surface area contributed by atoms with Crippen LogP contribution in [0.15, 0.2) is 96.1 Å². The summed E-state index contributed by atoms with van der Waals surface area (Å²) >= 11 is 1.31. The number of hydrazine groups is 2. The number of carbonyl (C=O) groups is 1. The minimum absolute atomic E-state index is 0.110. The molecule has 0 amide bonds. The summed E-state index contributed by atoms with van der Waals surface area (Å²) in [5.74, 6) is 1.35. The van der Waals surface area contributed by atoms with Gasteiger partial charge < -0.3 is 5.32 Å². The van der Waals surface area contributed by atoms with Gasteiger partial charge in [0.25, 0.3) is 0 Å². The van der Waals surface area contributed by atoms with E-state index in [0.717, 1.165) is 16.7 Å². The number of guanidine groups is 1. The molecule has 3 aromatic rings. The van der Waals surface area contributed by atoms with Gasteiger partial charge in [-0.3, -0.25) is 9.80 Å². The summed E-state index contributed by atoms with van der Waals surface area (Å²) in [6.07, 6.45) is 0. The number of rotatable bonds is 7. The summed E-state index contributed by atoms with van der Waals surface area (Å²) in [5, 5.41) is 12.3. The molecule has 7 heteroatoms. The number of hydrogen-bond acceptors (Lipinski definition) is 7. The van der Waals surface area contributed by atoms with Crippen LogP contribution in [0.2, 0.25) is 0 Å². The predicted molar refractivity (Wildman–Crippen MR) is 131 cm³/mol. The van der Waals surface area contributed by atoms with E-state index in [2.05, 4.69) is 88.7 Å². The lowest BCUT2D eigenvalue weighted by atomic mass is 9.77. The molecule has 0 unspecified atom stereocenters. The third kappa shape index (κ3) is 4.49. The van der Waals surface area contributed by atoms with Crippen LogP contribution in [0.5, 0.6) is 0 Å². The second-order valence-electron chi connectivity index (χ2n) is 7.50. The predicted octanol–water partition coefficient (Wildman–Crippen LogP) is 3.79. The first-order valence-electron chi connectivity index (χ1n) is 10.5. The fraction of sp³-hybridized carbons (Fsp3) is 0.200. The van der Waals surface area contributed by atoms with Gasteiger partial charge in [0.2, 0.25) is 5.96 Å². The Bertz CT molecular complexity index is 963. The Morgan fingerprint density at radius 1 is 0.906 bits per heavy atom. The molecule has 6 nitrogen and oxygen atoms in total. The third-order valence-electron chi connectivity index (χ3n) is 5.44. The van der Waals surface area contributed by atoms with Crippen molar-refractivity contribution in [3.05, 3.63) is 108 Å². The topological polar surface area (TPSA) is 60.0 Å². The van der Waals surface area contributed by atoms with Gasteiger partial charge in [-0.25, -0.2) is 5.53 Å². The summed E-state index contributed by atoms with van der Waals surface area (Å²) in [4.78, 5) is 11.4. The smallest absolute Gasteiger partial charge is 0.235 e. The molecule has 0 aromatic heterocycles. The van der Waals surface area contributed by atoms with Crippen molar-refractivity contribution >= 4 is 22.8 Å². The molecule has 2 N–H and O–H groups in total. The van der Waals surface area contributed by atoms with E-state index in [-0.39, 0.29) is 5.12 Å². The van der Waals surface area contributed by atoms with E-state index in [1.54, 1.807) is 6.92 Å². The Kier molecular flexibility index (Phi) is 6.78. The van der Waals surface area contributed by atoms with Crippen LogP contribution in [0.3, 0.4) is 0 Å². The number of hydrazone groups is 1. The van der Waals surface area contributed by atoms with E-state index in [1.165, 1.54) is 11.8 Å². The zero-order valence-electron chi connectivity index (χ0n) is 18.2. The first-order chi connectivity index (χ1) is 15.6. The molecule has 164 valence electrons. The van der Waals surface area contributed by atoms with E-state index < -0.39 is 5.54 Å². The first kappa shape index (κ1) is 21.9. The standard InChI is InChI=1S/C25H27N5OS/c1-20(31)32-19-18-30-24(27-28-29(30)2)26-25(21-12-6-3-7-13-21,22-14-8-4-9-15-22)23-16-10-5-11-17-23/h3-17,28H,18-19H2,1-2H3,(H,26,27). The molecule has 0 spiro atoms. The Balaban J connectivity index is 1.80. The van der Waals surface area contributed by atoms with Crippen LogP contribution in [0.1, 0.15) is 23.6 Å². The molecular weight excluding hydrogens is 418 g/mol. The summed E-state index contributed by atoms with van der Waals surface area (Å²) < 4.78 is 0. The third-order valence-corrected chi connectivity index (χ3v) is 6.23. The molecule has 1 heterocycles. The highest BCUT2D eigenvalue weighted by Crippen LogP contribution is 2.37. The fourth-order valence-corrected chi connectivity index (χ4v) is 4.50. The van der Waals surface area contributed by atoms with Gasteiger partial charge in [0.1, 0.15) is 5.54 Å². The molecule has 0 bridgehead atoms. The van der Waals surface area contributed by atoms with Gasteiger partial charge in [0.05, 0.1) is 0 Å². The molecule has 4 rings (SSSR count). The number of hydrogen-bond donors (Lipinski definition) is 2. The second kappa shape index (κ2) is 9.89. The number of thioether (sulfide) groups is 1. The largest absolute Gasteiger partial charge is 0.336 e. The monoisotopic (exact) mass is 445 g/mol. The summed E-state index contributed by atoms with van der Waals surface area (Å²) in [6, 6.07) is 31.2. The molecule has 1 aliphatic rings. The Hall–Kier alpha value is -3.29. The van der Waals surface area contributed by atoms with Gasteiger partial charge in [0, 0.05) is 26.3 Å². The van der Waals surface area contributed by atoms with Crippen molar-refractivity contribution in [2.75, 3.05) is 19.3 Å². The molecule has 1 aliphatic heterocycles. The average molecular weight is 446 g/mol. The van der Waals surface area contributed by atoms with E-state index in [9.17, 15) is 4.79 Å². The highest BCUT2D eigenvalue weighted by molar-refractivity contribution is 8.13. The second-order valence-corrected chi connectivity index (χ2v) is 8.77. The molecule has 0 aliphatic carbocycles. The zero-order chi connectivity index (χ0) is 22.4. The van der Waals surface area contributed by atoms with Crippen LogP contribution >= 0.6 is 11.8 Å². The Labute approximate surface area is 193 Å². The van der Waals surface area contributed by atoms with Crippen LogP contribution in [0, 0.1) is 0 Å². The molecule has 0 atom stereocenters.